The SMILES string of the molecule is CC(C)(C)OC(=O)N1CCc2cc([N+](=O)[O-])ccc2C12CC2. The van der Waals surface area contributed by atoms with E-state index < -0.39 is 5.60 Å². The van der Waals surface area contributed by atoms with E-state index in [-0.39, 0.29) is 22.2 Å². The van der Waals surface area contributed by atoms with E-state index in [1.54, 1.807) is 17.0 Å². The molecule has 0 saturated heterocycles. The quantitative estimate of drug-likeness (QED) is 0.589. The number of nitrogens with zero attached hydrogens (tertiary/aromatic N) is 2. The van der Waals surface area contributed by atoms with Gasteiger partial charge in [-0.3, -0.25) is 15.0 Å². The summed E-state index contributed by atoms with van der Waals surface area (Å²) in [5.74, 6) is 0. The second-order valence-electron chi connectivity index (χ2n) is 7.01. The summed E-state index contributed by atoms with van der Waals surface area (Å²) in [6, 6.07) is 4.97. The van der Waals surface area contributed by atoms with Gasteiger partial charge >= 0.3 is 6.09 Å². The molecule has 1 aromatic rings. The number of nitro groups is 1. The first kappa shape index (κ1) is 14.8. The predicted octanol–water partition coefficient (Wildman–Crippen LogP) is 3.38. The van der Waals surface area contributed by atoms with E-state index in [4.69, 9.17) is 4.74 Å². The van der Waals surface area contributed by atoms with Crippen LogP contribution < -0.4 is 0 Å². The normalized spacial score (nSPS) is 18.8. The zero-order valence-corrected chi connectivity index (χ0v) is 13.1. The number of hydrogen-bond acceptors (Lipinski definition) is 4. The number of nitro benzene ring substituents is 1. The molecule has 0 radical (unpaired) electrons. The lowest BCUT2D eigenvalue weighted by molar-refractivity contribution is -0.384. The molecule has 0 unspecified atom stereocenters. The zero-order chi connectivity index (χ0) is 16.1. The van der Waals surface area contributed by atoms with Gasteiger partial charge in [-0.15, -0.1) is 0 Å². The van der Waals surface area contributed by atoms with Gasteiger partial charge < -0.3 is 4.74 Å². The Morgan fingerprint density at radius 1 is 1.36 bits per heavy atom. The molecule has 118 valence electrons. The van der Waals surface area contributed by atoms with Crippen molar-refractivity contribution in [2.75, 3.05) is 6.54 Å². The molecule has 0 N–H and O–H groups in total. The lowest BCUT2D eigenvalue weighted by Gasteiger charge is -2.38. The summed E-state index contributed by atoms with van der Waals surface area (Å²) >= 11 is 0. The Hall–Kier alpha value is -2.11. The van der Waals surface area contributed by atoms with Crippen LogP contribution in [0.1, 0.15) is 44.7 Å². The van der Waals surface area contributed by atoms with E-state index in [0.717, 1.165) is 24.0 Å². The van der Waals surface area contributed by atoms with Crippen molar-refractivity contribution in [1.82, 2.24) is 4.90 Å². The summed E-state index contributed by atoms with van der Waals surface area (Å²) in [4.78, 5) is 24.8. The molecule has 0 atom stereocenters. The lowest BCUT2D eigenvalue weighted by atomic mass is 9.90. The number of ether oxygens (including phenoxy) is 1. The fourth-order valence-corrected chi connectivity index (χ4v) is 3.19. The Balaban J connectivity index is 1.91. The van der Waals surface area contributed by atoms with Gasteiger partial charge in [0.05, 0.1) is 10.5 Å². The molecular formula is C16H20N2O4. The highest BCUT2D eigenvalue weighted by molar-refractivity contribution is 5.71. The van der Waals surface area contributed by atoms with Crippen LogP contribution in [0.4, 0.5) is 10.5 Å². The van der Waals surface area contributed by atoms with Gasteiger partial charge in [0.25, 0.3) is 5.69 Å². The predicted molar refractivity (Wildman–Crippen MR) is 80.7 cm³/mol. The minimum atomic E-state index is -0.525. The second-order valence-corrected chi connectivity index (χ2v) is 7.01. The minimum Gasteiger partial charge on any atom is -0.444 e. The first-order valence-electron chi connectivity index (χ1n) is 7.51. The molecule has 6 nitrogen and oxygen atoms in total. The number of fused-ring (bicyclic) bond motifs is 2. The molecule has 1 aromatic carbocycles. The fraction of sp³-hybridized carbons (Fsp3) is 0.562. The standard InChI is InChI=1S/C16H20N2O4/c1-15(2,3)22-14(19)17-9-6-11-10-12(18(20)21)4-5-13(11)16(17)7-8-16/h4-5,10H,6-9H2,1-3H3. The average molecular weight is 304 g/mol. The summed E-state index contributed by atoms with van der Waals surface area (Å²) in [5, 5.41) is 10.9. The van der Waals surface area contributed by atoms with Crippen LogP contribution in [0.25, 0.3) is 0 Å². The second kappa shape index (κ2) is 4.69. The molecule has 1 aliphatic carbocycles. The van der Waals surface area contributed by atoms with Crippen molar-refractivity contribution in [3.63, 3.8) is 0 Å². The highest BCUT2D eigenvalue weighted by Crippen LogP contribution is 2.54. The molecule has 22 heavy (non-hydrogen) atoms. The monoisotopic (exact) mass is 304 g/mol. The van der Waals surface area contributed by atoms with Crippen LogP contribution in [0.5, 0.6) is 0 Å². The Morgan fingerprint density at radius 2 is 2.05 bits per heavy atom. The molecule has 1 amide bonds. The number of hydrogen-bond donors (Lipinski definition) is 0. The average Bonchev–Trinajstić information content (AvgIpc) is 3.17. The summed E-state index contributed by atoms with van der Waals surface area (Å²) in [6.45, 7) is 6.10. The Morgan fingerprint density at radius 3 is 2.59 bits per heavy atom. The van der Waals surface area contributed by atoms with Gasteiger partial charge in [0, 0.05) is 18.7 Å². The topological polar surface area (TPSA) is 72.7 Å². The number of rotatable bonds is 1. The molecule has 1 saturated carbocycles. The highest BCUT2D eigenvalue weighted by Gasteiger charge is 2.55. The van der Waals surface area contributed by atoms with Crippen LogP contribution in [-0.2, 0) is 16.7 Å². The van der Waals surface area contributed by atoms with Crippen LogP contribution >= 0.6 is 0 Å². The largest absolute Gasteiger partial charge is 0.444 e. The third-order valence-corrected chi connectivity index (χ3v) is 4.26. The molecule has 6 heteroatoms. The van der Waals surface area contributed by atoms with Gasteiger partial charge in [0.2, 0.25) is 0 Å². The maximum atomic E-state index is 12.4. The van der Waals surface area contributed by atoms with Crippen LogP contribution in [0, 0.1) is 10.1 Å². The highest BCUT2D eigenvalue weighted by atomic mass is 16.6. The third kappa shape index (κ3) is 2.42. The number of carbonyl (C=O) groups excluding carboxylic acids is 1. The van der Waals surface area contributed by atoms with E-state index in [9.17, 15) is 14.9 Å². The van der Waals surface area contributed by atoms with Crippen molar-refractivity contribution >= 4 is 11.8 Å². The third-order valence-electron chi connectivity index (χ3n) is 4.26. The van der Waals surface area contributed by atoms with Crippen molar-refractivity contribution in [2.24, 2.45) is 0 Å². The van der Waals surface area contributed by atoms with Crippen molar-refractivity contribution in [3.8, 4) is 0 Å². The summed E-state index contributed by atoms with van der Waals surface area (Å²) in [6.07, 6.45) is 2.10. The van der Waals surface area contributed by atoms with E-state index in [0.29, 0.717) is 13.0 Å². The van der Waals surface area contributed by atoms with E-state index in [1.807, 2.05) is 20.8 Å². The summed E-state index contributed by atoms with van der Waals surface area (Å²) in [7, 11) is 0. The molecule has 3 rings (SSSR count). The van der Waals surface area contributed by atoms with E-state index >= 15 is 0 Å². The number of benzene rings is 1. The summed E-state index contributed by atoms with van der Waals surface area (Å²) in [5.41, 5.74) is 1.29. The molecule has 2 aliphatic rings. The van der Waals surface area contributed by atoms with Gasteiger partial charge in [-0.25, -0.2) is 4.79 Å². The minimum absolute atomic E-state index is 0.111. The maximum Gasteiger partial charge on any atom is 0.411 e. The number of amides is 1. The first-order chi connectivity index (χ1) is 10.2. The number of carbonyl (C=O) groups is 1. The van der Waals surface area contributed by atoms with Gasteiger partial charge in [-0.05, 0) is 57.2 Å². The Bertz CT molecular complexity index is 644. The maximum absolute atomic E-state index is 12.4. The Labute approximate surface area is 129 Å². The van der Waals surface area contributed by atoms with Gasteiger partial charge in [-0.2, -0.15) is 0 Å². The molecular weight excluding hydrogens is 284 g/mol. The van der Waals surface area contributed by atoms with Crippen LogP contribution in [0.15, 0.2) is 18.2 Å². The van der Waals surface area contributed by atoms with Crippen LogP contribution in [0.2, 0.25) is 0 Å². The lowest BCUT2D eigenvalue weighted by Crippen LogP contribution is -2.47. The Kier molecular flexibility index (Phi) is 3.16. The molecule has 1 spiro atoms. The molecule has 1 heterocycles. The van der Waals surface area contributed by atoms with Gasteiger partial charge in [-0.1, -0.05) is 0 Å². The molecule has 1 fully saturated rings. The van der Waals surface area contributed by atoms with Crippen molar-refractivity contribution in [3.05, 3.63) is 39.4 Å². The molecule has 0 bridgehead atoms. The van der Waals surface area contributed by atoms with E-state index in [2.05, 4.69) is 0 Å². The van der Waals surface area contributed by atoms with Gasteiger partial charge in [0.15, 0.2) is 0 Å². The van der Waals surface area contributed by atoms with Crippen molar-refractivity contribution < 1.29 is 14.5 Å². The van der Waals surface area contributed by atoms with Crippen molar-refractivity contribution in [1.29, 1.82) is 0 Å². The van der Waals surface area contributed by atoms with Gasteiger partial charge in [0.1, 0.15) is 5.60 Å². The van der Waals surface area contributed by atoms with E-state index in [1.165, 1.54) is 6.07 Å². The fourth-order valence-electron chi connectivity index (χ4n) is 3.19. The van der Waals surface area contributed by atoms with Crippen LogP contribution in [0.3, 0.4) is 0 Å². The molecule has 0 aromatic heterocycles. The van der Waals surface area contributed by atoms with Crippen molar-refractivity contribution in [2.45, 2.75) is 51.2 Å². The molecule has 1 aliphatic heterocycles. The zero-order valence-electron chi connectivity index (χ0n) is 13.1. The summed E-state index contributed by atoms with van der Waals surface area (Å²) < 4.78 is 5.51. The first-order valence-corrected chi connectivity index (χ1v) is 7.51. The number of non-ortho nitro benzene ring substituents is 1. The smallest absolute Gasteiger partial charge is 0.411 e. The van der Waals surface area contributed by atoms with Crippen LogP contribution in [-0.4, -0.2) is 28.1 Å².